The zero-order valence-electron chi connectivity index (χ0n) is 11.6. The van der Waals surface area contributed by atoms with Crippen LogP contribution in [0.3, 0.4) is 0 Å². The topological polar surface area (TPSA) is 45.4 Å². The van der Waals surface area contributed by atoms with E-state index in [4.69, 9.17) is 4.42 Å². The second-order valence-electron chi connectivity index (χ2n) is 5.58. The van der Waals surface area contributed by atoms with Crippen molar-refractivity contribution in [2.24, 2.45) is 0 Å². The van der Waals surface area contributed by atoms with Crippen molar-refractivity contribution in [3.05, 3.63) is 71.5 Å². The highest BCUT2D eigenvalue weighted by molar-refractivity contribution is 5.77. The molecule has 0 spiro atoms. The second-order valence-corrected chi connectivity index (χ2v) is 5.58. The van der Waals surface area contributed by atoms with E-state index in [-0.39, 0.29) is 12.1 Å². The van der Waals surface area contributed by atoms with Gasteiger partial charge in [0.25, 0.3) is 0 Å². The van der Waals surface area contributed by atoms with E-state index in [1.165, 1.54) is 11.1 Å². The van der Waals surface area contributed by atoms with Crippen molar-refractivity contribution in [2.45, 2.75) is 25.1 Å². The first-order valence-corrected chi connectivity index (χ1v) is 7.28. The summed E-state index contributed by atoms with van der Waals surface area (Å²) in [5, 5.41) is 14.8. The number of fused-ring (bicyclic) bond motifs is 2. The van der Waals surface area contributed by atoms with Crippen molar-refractivity contribution < 1.29 is 9.52 Å². The fourth-order valence-corrected chi connectivity index (χ4v) is 3.15. The monoisotopic (exact) mass is 279 g/mol. The predicted molar refractivity (Wildman–Crippen MR) is 81.9 cm³/mol. The van der Waals surface area contributed by atoms with Gasteiger partial charge in [-0.15, -0.1) is 0 Å². The molecule has 4 rings (SSSR count). The standard InChI is InChI=1S/C18H17NO2/c20-16-10-12-5-1-3-7-15(12)18(16)19-11-14-9-13-6-2-4-8-17(13)21-14/h1-9,16,18-20H,10-11H2/t16-,18+/m0/s1. The average molecular weight is 279 g/mol. The Balaban J connectivity index is 1.54. The van der Waals surface area contributed by atoms with Gasteiger partial charge in [-0.1, -0.05) is 42.5 Å². The van der Waals surface area contributed by atoms with Crippen LogP contribution in [-0.2, 0) is 13.0 Å². The molecule has 3 heteroatoms. The maximum atomic E-state index is 10.2. The van der Waals surface area contributed by atoms with E-state index in [1.54, 1.807) is 0 Å². The molecular weight excluding hydrogens is 262 g/mol. The highest BCUT2D eigenvalue weighted by Gasteiger charge is 2.30. The molecule has 0 bridgehead atoms. The van der Waals surface area contributed by atoms with Crippen molar-refractivity contribution in [1.82, 2.24) is 5.32 Å². The number of benzene rings is 2. The highest BCUT2D eigenvalue weighted by atomic mass is 16.3. The Morgan fingerprint density at radius 2 is 1.90 bits per heavy atom. The third-order valence-electron chi connectivity index (χ3n) is 4.18. The van der Waals surface area contributed by atoms with Crippen LogP contribution in [0.2, 0.25) is 0 Å². The molecule has 1 heterocycles. The van der Waals surface area contributed by atoms with Crippen LogP contribution in [0.4, 0.5) is 0 Å². The molecule has 3 nitrogen and oxygen atoms in total. The van der Waals surface area contributed by atoms with Gasteiger partial charge in [0.15, 0.2) is 0 Å². The molecule has 106 valence electrons. The number of hydrogen-bond acceptors (Lipinski definition) is 3. The smallest absolute Gasteiger partial charge is 0.134 e. The number of rotatable bonds is 3. The predicted octanol–water partition coefficient (Wildman–Crippen LogP) is 3.18. The summed E-state index contributed by atoms with van der Waals surface area (Å²) in [4.78, 5) is 0. The Hall–Kier alpha value is -2.10. The Morgan fingerprint density at radius 3 is 2.81 bits per heavy atom. The van der Waals surface area contributed by atoms with E-state index in [0.717, 1.165) is 16.7 Å². The Morgan fingerprint density at radius 1 is 1.10 bits per heavy atom. The maximum absolute atomic E-state index is 10.2. The maximum Gasteiger partial charge on any atom is 0.134 e. The summed E-state index contributed by atoms with van der Waals surface area (Å²) >= 11 is 0. The molecule has 0 fully saturated rings. The molecule has 0 amide bonds. The van der Waals surface area contributed by atoms with Gasteiger partial charge >= 0.3 is 0 Å². The molecule has 2 aromatic carbocycles. The molecule has 0 saturated heterocycles. The van der Waals surface area contributed by atoms with Gasteiger partial charge in [0, 0.05) is 11.8 Å². The van der Waals surface area contributed by atoms with Gasteiger partial charge in [0.2, 0.25) is 0 Å². The van der Waals surface area contributed by atoms with Gasteiger partial charge in [0.1, 0.15) is 11.3 Å². The SMILES string of the molecule is O[C@H]1Cc2ccccc2[C@H]1NCc1cc2ccccc2o1. The molecule has 0 unspecified atom stereocenters. The minimum Gasteiger partial charge on any atom is -0.460 e. The summed E-state index contributed by atoms with van der Waals surface area (Å²) in [6, 6.07) is 18.2. The van der Waals surface area contributed by atoms with Crippen molar-refractivity contribution in [3.8, 4) is 0 Å². The first kappa shape index (κ1) is 12.6. The average Bonchev–Trinajstić information content (AvgIpc) is 3.04. The van der Waals surface area contributed by atoms with Gasteiger partial charge in [0.05, 0.1) is 18.7 Å². The van der Waals surface area contributed by atoms with Crippen LogP contribution in [0.5, 0.6) is 0 Å². The highest BCUT2D eigenvalue weighted by Crippen LogP contribution is 2.31. The van der Waals surface area contributed by atoms with Gasteiger partial charge in [-0.3, -0.25) is 0 Å². The molecular formula is C18H17NO2. The summed E-state index contributed by atoms with van der Waals surface area (Å²) in [7, 11) is 0. The van der Waals surface area contributed by atoms with Crippen molar-refractivity contribution in [2.75, 3.05) is 0 Å². The fraction of sp³-hybridized carbons (Fsp3) is 0.222. The quantitative estimate of drug-likeness (QED) is 0.774. The van der Waals surface area contributed by atoms with Gasteiger partial charge in [-0.25, -0.2) is 0 Å². The van der Waals surface area contributed by atoms with Crippen LogP contribution in [0.25, 0.3) is 11.0 Å². The first-order chi connectivity index (χ1) is 10.3. The molecule has 21 heavy (non-hydrogen) atoms. The summed E-state index contributed by atoms with van der Waals surface area (Å²) in [6.45, 7) is 0.616. The Bertz CT molecular complexity index is 744. The lowest BCUT2D eigenvalue weighted by molar-refractivity contribution is 0.139. The third-order valence-corrected chi connectivity index (χ3v) is 4.18. The molecule has 3 aromatic rings. The largest absolute Gasteiger partial charge is 0.460 e. The summed E-state index contributed by atoms with van der Waals surface area (Å²) in [5.41, 5.74) is 3.33. The van der Waals surface area contributed by atoms with Crippen LogP contribution >= 0.6 is 0 Å². The zero-order chi connectivity index (χ0) is 14.2. The summed E-state index contributed by atoms with van der Waals surface area (Å²) < 4.78 is 5.81. The van der Waals surface area contributed by atoms with Crippen LogP contribution in [-0.4, -0.2) is 11.2 Å². The first-order valence-electron chi connectivity index (χ1n) is 7.28. The lowest BCUT2D eigenvalue weighted by Gasteiger charge is -2.17. The molecule has 1 aromatic heterocycles. The van der Waals surface area contributed by atoms with Crippen LogP contribution in [0.15, 0.2) is 59.0 Å². The number of furan rings is 1. The fourth-order valence-electron chi connectivity index (χ4n) is 3.15. The minimum atomic E-state index is -0.369. The minimum absolute atomic E-state index is 0.0191. The number of aliphatic hydroxyl groups excluding tert-OH is 1. The molecule has 0 aliphatic heterocycles. The number of nitrogens with one attached hydrogen (secondary N) is 1. The van der Waals surface area contributed by atoms with E-state index in [2.05, 4.69) is 23.5 Å². The van der Waals surface area contributed by atoms with Crippen molar-refractivity contribution in [1.29, 1.82) is 0 Å². The molecule has 0 radical (unpaired) electrons. The lowest BCUT2D eigenvalue weighted by atomic mass is 10.1. The van der Waals surface area contributed by atoms with Crippen LogP contribution in [0, 0.1) is 0 Å². The number of aliphatic hydroxyl groups is 1. The van der Waals surface area contributed by atoms with Gasteiger partial charge in [-0.2, -0.15) is 0 Å². The van der Waals surface area contributed by atoms with Gasteiger partial charge in [-0.05, 0) is 23.3 Å². The number of hydrogen-bond donors (Lipinski definition) is 2. The van der Waals surface area contributed by atoms with Crippen molar-refractivity contribution >= 4 is 11.0 Å². The lowest BCUT2D eigenvalue weighted by Crippen LogP contribution is -2.28. The normalized spacial score (nSPS) is 20.8. The molecule has 1 aliphatic carbocycles. The Labute approximate surface area is 123 Å². The van der Waals surface area contributed by atoms with E-state index in [1.807, 2.05) is 36.4 Å². The van der Waals surface area contributed by atoms with E-state index in [9.17, 15) is 5.11 Å². The van der Waals surface area contributed by atoms with E-state index < -0.39 is 0 Å². The summed E-state index contributed by atoms with van der Waals surface area (Å²) in [5.74, 6) is 0.896. The Kier molecular flexibility index (Phi) is 3.02. The molecule has 2 N–H and O–H groups in total. The zero-order valence-corrected chi connectivity index (χ0v) is 11.6. The van der Waals surface area contributed by atoms with E-state index in [0.29, 0.717) is 13.0 Å². The van der Waals surface area contributed by atoms with Crippen LogP contribution < -0.4 is 5.32 Å². The van der Waals surface area contributed by atoms with Crippen LogP contribution in [0.1, 0.15) is 22.9 Å². The molecule has 2 atom stereocenters. The summed E-state index contributed by atoms with van der Waals surface area (Å²) in [6.07, 6.45) is 0.348. The van der Waals surface area contributed by atoms with E-state index >= 15 is 0 Å². The molecule has 1 aliphatic rings. The van der Waals surface area contributed by atoms with Gasteiger partial charge < -0.3 is 14.8 Å². The molecule has 0 saturated carbocycles. The second kappa shape index (κ2) is 5.02. The van der Waals surface area contributed by atoms with Crippen molar-refractivity contribution in [3.63, 3.8) is 0 Å². The number of para-hydroxylation sites is 1. The third kappa shape index (κ3) is 2.24.